The molecule has 0 unspecified atom stereocenters. The molecule has 14 heavy (non-hydrogen) atoms. The quantitative estimate of drug-likeness (QED) is 0.629. The fraction of sp³-hybridized carbons (Fsp3) is 0.200. The van der Waals surface area contributed by atoms with Crippen molar-refractivity contribution in [2.45, 2.75) is 4.90 Å². The molecule has 0 bridgehead atoms. The van der Waals surface area contributed by atoms with Gasteiger partial charge in [-0.2, -0.15) is 0 Å². The topological polar surface area (TPSA) is 35.2 Å². The average Bonchev–Trinajstić information content (AvgIpc) is 2.62. The van der Waals surface area contributed by atoms with Gasteiger partial charge in [0.2, 0.25) is 0 Å². The summed E-state index contributed by atoms with van der Waals surface area (Å²) in [5, 5.41) is 3.30. The van der Waals surface area contributed by atoms with E-state index < -0.39 is 0 Å². The van der Waals surface area contributed by atoms with Gasteiger partial charge in [0.15, 0.2) is 5.75 Å². The fourth-order valence-electron chi connectivity index (χ4n) is 1.49. The van der Waals surface area contributed by atoms with Gasteiger partial charge in [-0.3, -0.25) is 0 Å². The molecule has 0 saturated carbocycles. The Morgan fingerprint density at radius 3 is 2.93 bits per heavy atom. The van der Waals surface area contributed by atoms with Gasteiger partial charge >= 0.3 is 0 Å². The third-order valence-corrected chi connectivity index (χ3v) is 3.78. The lowest BCUT2D eigenvalue weighted by Crippen LogP contribution is -1.94. The first kappa shape index (κ1) is 9.68. The molecule has 0 aliphatic carbocycles. The number of nitrogens with two attached hydrogens (primary N) is 1. The SMILES string of the molecule is COc1c(N)cc2sccc2c1SC. The zero-order valence-electron chi connectivity index (χ0n) is 8.03. The lowest BCUT2D eigenvalue weighted by molar-refractivity contribution is 0.408. The van der Waals surface area contributed by atoms with E-state index in [1.165, 1.54) is 10.1 Å². The standard InChI is InChI=1S/C10H11NOS2/c1-12-9-7(11)5-8-6(3-4-14-8)10(9)13-2/h3-5H,11H2,1-2H3. The van der Waals surface area contributed by atoms with E-state index in [9.17, 15) is 0 Å². The number of anilines is 1. The summed E-state index contributed by atoms with van der Waals surface area (Å²) in [5.74, 6) is 0.795. The minimum Gasteiger partial charge on any atom is -0.493 e. The van der Waals surface area contributed by atoms with Crippen LogP contribution in [-0.4, -0.2) is 13.4 Å². The predicted octanol–water partition coefficient (Wildman–Crippen LogP) is 3.21. The summed E-state index contributed by atoms with van der Waals surface area (Å²) in [5.41, 5.74) is 6.62. The van der Waals surface area contributed by atoms with Crippen molar-refractivity contribution in [2.75, 3.05) is 19.1 Å². The summed E-state index contributed by atoms with van der Waals surface area (Å²) in [6.07, 6.45) is 2.04. The minimum atomic E-state index is 0.715. The molecule has 2 rings (SSSR count). The smallest absolute Gasteiger partial charge is 0.155 e. The summed E-state index contributed by atoms with van der Waals surface area (Å²) in [6.45, 7) is 0. The van der Waals surface area contributed by atoms with Gasteiger partial charge in [0.05, 0.1) is 17.7 Å². The van der Waals surface area contributed by atoms with Crippen molar-refractivity contribution >= 4 is 38.9 Å². The number of ether oxygens (including phenoxy) is 1. The van der Waals surface area contributed by atoms with Gasteiger partial charge in [-0.1, -0.05) is 0 Å². The molecule has 0 fully saturated rings. The molecule has 2 nitrogen and oxygen atoms in total. The molecule has 0 amide bonds. The summed E-state index contributed by atoms with van der Waals surface area (Å²) in [7, 11) is 1.66. The molecule has 0 radical (unpaired) electrons. The van der Waals surface area contributed by atoms with Crippen LogP contribution in [0.3, 0.4) is 0 Å². The highest BCUT2D eigenvalue weighted by atomic mass is 32.2. The Bertz CT molecular complexity index is 464. The molecule has 0 spiro atoms. The van der Waals surface area contributed by atoms with Crippen molar-refractivity contribution in [3.8, 4) is 5.75 Å². The first-order chi connectivity index (χ1) is 6.77. The van der Waals surface area contributed by atoms with E-state index in [-0.39, 0.29) is 0 Å². The van der Waals surface area contributed by atoms with Crippen molar-refractivity contribution in [3.63, 3.8) is 0 Å². The Labute approximate surface area is 91.1 Å². The Kier molecular flexibility index (Phi) is 2.56. The highest BCUT2D eigenvalue weighted by molar-refractivity contribution is 7.99. The molecule has 0 aliphatic heterocycles. The second-order valence-corrected chi connectivity index (χ2v) is 4.63. The number of nitrogen functional groups attached to an aromatic ring is 1. The van der Waals surface area contributed by atoms with E-state index >= 15 is 0 Å². The van der Waals surface area contributed by atoms with Gasteiger partial charge < -0.3 is 10.5 Å². The van der Waals surface area contributed by atoms with Gasteiger partial charge in [-0.15, -0.1) is 23.1 Å². The van der Waals surface area contributed by atoms with Gasteiger partial charge in [0, 0.05) is 10.1 Å². The third kappa shape index (κ3) is 1.35. The van der Waals surface area contributed by atoms with Crippen LogP contribution in [0, 0.1) is 0 Å². The van der Waals surface area contributed by atoms with Crippen molar-refractivity contribution in [1.29, 1.82) is 0 Å². The van der Waals surface area contributed by atoms with E-state index in [0.29, 0.717) is 5.69 Å². The van der Waals surface area contributed by atoms with E-state index in [0.717, 1.165) is 10.6 Å². The third-order valence-electron chi connectivity index (χ3n) is 2.10. The molecule has 0 aliphatic rings. The Morgan fingerprint density at radius 1 is 1.50 bits per heavy atom. The Hall–Kier alpha value is -0.870. The zero-order valence-corrected chi connectivity index (χ0v) is 9.67. The first-order valence-electron chi connectivity index (χ1n) is 4.15. The van der Waals surface area contributed by atoms with Gasteiger partial charge in [-0.25, -0.2) is 0 Å². The number of benzene rings is 1. The molecule has 2 N–H and O–H groups in total. The highest BCUT2D eigenvalue weighted by Crippen LogP contribution is 2.41. The molecule has 1 aromatic heterocycles. The minimum absolute atomic E-state index is 0.715. The second kappa shape index (κ2) is 3.71. The zero-order chi connectivity index (χ0) is 10.1. The normalized spacial score (nSPS) is 10.7. The van der Waals surface area contributed by atoms with E-state index in [1.54, 1.807) is 30.2 Å². The van der Waals surface area contributed by atoms with Crippen molar-refractivity contribution in [3.05, 3.63) is 17.5 Å². The van der Waals surface area contributed by atoms with Crippen LogP contribution >= 0.6 is 23.1 Å². The Balaban J connectivity index is 2.82. The van der Waals surface area contributed by atoms with Crippen LogP contribution in [0.15, 0.2) is 22.4 Å². The van der Waals surface area contributed by atoms with Gasteiger partial charge in [0.25, 0.3) is 0 Å². The van der Waals surface area contributed by atoms with Crippen LogP contribution < -0.4 is 10.5 Å². The molecule has 4 heteroatoms. The number of hydrogen-bond donors (Lipinski definition) is 1. The number of rotatable bonds is 2. The number of hydrogen-bond acceptors (Lipinski definition) is 4. The van der Waals surface area contributed by atoms with Gasteiger partial charge in [0.1, 0.15) is 0 Å². The highest BCUT2D eigenvalue weighted by Gasteiger charge is 2.11. The molecule has 0 atom stereocenters. The van der Waals surface area contributed by atoms with Crippen LogP contribution in [0.4, 0.5) is 5.69 Å². The van der Waals surface area contributed by atoms with Crippen molar-refractivity contribution in [2.24, 2.45) is 0 Å². The molecule has 1 aromatic carbocycles. The second-order valence-electron chi connectivity index (χ2n) is 2.86. The maximum absolute atomic E-state index is 5.90. The number of methoxy groups -OCH3 is 1. The van der Waals surface area contributed by atoms with E-state index in [2.05, 4.69) is 11.4 Å². The monoisotopic (exact) mass is 225 g/mol. The number of fused-ring (bicyclic) bond motifs is 1. The number of thiophene rings is 1. The van der Waals surface area contributed by atoms with Crippen LogP contribution in [0.5, 0.6) is 5.75 Å². The maximum Gasteiger partial charge on any atom is 0.155 e. The molecule has 74 valence electrons. The van der Waals surface area contributed by atoms with E-state index in [4.69, 9.17) is 10.5 Å². The summed E-state index contributed by atoms with van der Waals surface area (Å²) >= 11 is 3.37. The van der Waals surface area contributed by atoms with Crippen LogP contribution in [-0.2, 0) is 0 Å². The van der Waals surface area contributed by atoms with E-state index in [1.807, 2.05) is 12.3 Å². The summed E-state index contributed by atoms with van der Waals surface area (Å²) in [4.78, 5) is 1.13. The molecule has 2 aromatic rings. The average molecular weight is 225 g/mol. The lowest BCUT2D eigenvalue weighted by atomic mass is 10.2. The predicted molar refractivity (Wildman–Crippen MR) is 64.6 cm³/mol. The molecule has 0 saturated heterocycles. The maximum atomic E-state index is 5.90. The summed E-state index contributed by atoms with van der Waals surface area (Å²) in [6, 6.07) is 4.08. The van der Waals surface area contributed by atoms with Crippen molar-refractivity contribution < 1.29 is 4.74 Å². The van der Waals surface area contributed by atoms with Gasteiger partial charge in [-0.05, 0) is 23.8 Å². The van der Waals surface area contributed by atoms with Crippen molar-refractivity contribution in [1.82, 2.24) is 0 Å². The molecule has 1 heterocycles. The lowest BCUT2D eigenvalue weighted by Gasteiger charge is -2.10. The largest absolute Gasteiger partial charge is 0.493 e. The first-order valence-corrected chi connectivity index (χ1v) is 6.26. The van der Waals surface area contributed by atoms with Crippen LogP contribution in [0.2, 0.25) is 0 Å². The Morgan fingerprint density at radius 2 is 2.29 bits per heavy atom. The number of thioether (sulfide) groups is 1. The van der Waals surface area contributed by atoms with Crippen LogP contribution in [0.25, 0.3) is 10.1 Å². The fourth-order valence-corrected chi connectivity index (χ4v) is 3.19. The van der Waals surface area contributed by atoms with Crippen LogP contribution in [0.1, 0.15) is 0 Å². The summed E-state index contributed by atoms with van der Waals surface area (Å²) < 4.78 is 6.52. The molecular weight excluding hydrogens is 214 g/mol. The molecular formula is C10H11NOS2.